The van der Waals surface area contributed by atoms with Gasteiger partial charge in [-0.3, -0.25) is 9.59 Å². The molecule has 1 atom stereocenters. The van der Waals surface area contributed by atoms with Crippen LogP contribution in [-0.4, -0.2) is 10.9 Å². The molecule has 6 heteroatoms. The molecule has 1 aromatic carbocycles. The molecule has 98 valence electrons. The smallest absolute Gasteiger partial charge is 0.262 e. The van der Waals surface area contributed by atoms with Crippen molar-refractivity contribution in [3.8, 4) is 6.07 Å². The molecule has 0 aliphatic carbocycles. The second kappa shape index (κ2) is 4.24. The molecule has 1 aliphatic heterocycles. The Labute approximate surface area is 113 Å². The maximum absolute atomic E-state index is 12.0. The van der Waals surface area contributed by atoms with Gasteiger partial charge in [0.05, 0.1) is 11.6 Å². The number of carbonyl (C=O) groups is 1. The summed E-state index contributed by atoms with van der Waals surface area (Å²) in [6.07, 6.45) is 0. The summed E-state index contributed by atoms with van der Waals surface area (Å²) in [4.78, 5) is 26.2. The second-order valence-corrected chi connectivity index (χ2v) is 4.46. The van der Waals surface area contributed by atoms with Crippen LogP contribution in [0.2, 0.25) is 0 Å². The predicted octanol–water partition coefficient (Wildman–Crippen LogP) is 0.662. The number of benzene rings is 1. The van der Waals surface area contributed by atoms with Gasteiger partial charge >= 0.3 is 0 Å². The van der Waals surface area contributed by atoms with Crippen molar-refractivity contribution in [3.05, 3.63) is 62.9 Å². The first-order valence-corrected chi connectivity index (χ1v) is 5.95. The number of aromatic amines is 1. The standard InChI is InChI=1S/C14H10N4O2/c15-6-8-9-10(14(20)18-12(8)16)13(19)17-11(9)7-4-2-1-3-5-7/h1-5,11H,(H,17,19)(H3,16,18,20)/t11-/m0/s1. The van der Waals surface area contributed by atoms with Crippen molar-refractivity contribution >= 4 is 11.7 Å². The summed E-state index contributed by atoms with van der Waals surface area (Å²) in [5.41, 5.74) is 6.34. The van der Waals surface area contributed by atoms with Crippen LogP contribution in [0.15, 0.2) is 35.1 Å². The van der Waals surface area contributed by atoms with Crippen LogP contribution in [0.1, 0.15) is 33.1 Å². The van der Waals surface area contributed by atoms with Gasteiger partial charge in [0, 0.05) is 5.56 Å². The molecule has 0 bridgehead atoms. The van der Waals surface area contributed by atoms with E-state index in [1.807, 2.05) is 36.4 Å². The van der Waals surface area contributed by atoms with Crippen LogP contribution in [0.4, 0.5) is 5.82 Å². The van der Waals surface area contributed by atoms with Crippen LogP contribution < -0.4 is 16.6 Å². The summed E-state index contributed by atoms with van der Waals surface area (Å²) in [5.74, 6) is -0.514. The minimum Gasteiger partial charge on any atom is -0.384 e. The number of anilines is 1. The molecule has 4 N–H and O–H groups in total. The average Bonchev–Trinajstić information content (AvgIpc) is 2.78. The van der Waals surface area contributed by atoms with E-state index in [2.05, 4.69) is 10.3 Å². The van der Waals surface area contributed by atoms with Gasteiger partial charge in [-0.1, -0.05) is 30.3 Å². The highest BCUT2D eigenvalue weighted by atomic mass is 16.2. The third-order valence-corrected chi connectivity index (χ3v) is 3.32. The monoisotopic (exact) mass is 266 g/mol. The van der Waals surface area contributed by atoms with Gasteiger partial charge in [-0.2, -0.15) is 5.26 Å². The molecule has 0 radical (unpaired) electrons. The lowest BCUT2D eigenvalue weighted by Gasteiger charge is -2.13. The topological polar surface area (TPSA) is 112 Å². The highest BCUT2D eigenvalue weighted by Crippen LogP contribution is 2.32. The minimum atomic E-state index is -0.576. The number of nitrogens with one attached hydrogen (secondary N) is 2. The van der Waals surface area contributed by atoms with Gasteiger partial charge in [-0.05, 0) is 5.56 Å². The van der Waals surface area contributed by atoms with E-state index < -0.39 is 17.5 Å². The Bertz CT molecular complexity index is 802. The van der Waals surface area contributed by atoms with Crippen LogP contribution in [0.25, 0.3) is 0 Å². The number of carbonyl (C=O) groups excluding carboxylic acids is 1. The Hall–Kier alpha value is -3.07. The number of pyridine rings is 1. The number of nitrogens with zero attached hydrogens (tertiary/aromatic N) is 1. The lowest BCUT2D eigenvalue weighted by atomic mass is 9.95. The number of nitrogens with two attached hydrogens (primary N) is 1. The fraction of sp³-hybridized carbons (Fsp3) is 0.0714. The van der Waals surface area contributed by atoms with Gasteiger partial charge in [0.2, 0.25) is 0 Å². The largest absolute Gasteiger partial charge is 0.384 e. The van der Waals surface area contributed by atoms with E-state index in [1.54, 1.807) is 0 Å². The van der Waals surface area contributed by atoms with E-state index in [-0.39, 0.29) is 16.9 Å². The zero-order chi connectivity index (χ0) is 14.3. The van der Waals surface area contributed by atoms with Crippen molar-refractivity contribution in [1.29, 1.82) is 5.26 Å². The molecule has 1 amide bonds. The molecule has 0 spiro atoms. The number of rotatable bonds is 1. The second-order valence-electron chi connectivity index (χ2n) is 4.46. The molecule has 3 rings (SSSR count). The number of fused-ring (bicyclic) bond motifs is 1. The number of hydrogen-bond acceptors (Lipinski definition) is 4. The van der Waals surface area contributed by atoms with Crippen LogP contribution in [0.5, 0.6) is 0 Å². The highest BCUT2D eigenvalue weighted by Gasteiger charge is 2.35. The van der Waals surface area contributed by atoms with Gasteiger partial charge in [-0.25, -0.2) is 0 Å². The molecule has 20 heavy (non-hydrogen) atoms. The van der Waals surface area contributed by atoms with E-state index in [0.29, 0.717) is 5.56 Å². The molecule has 1 aromatic heterocycles. The highest BCUT2D eigenvalue weighted by molar-refractivity contribution is 6.00. The first-order valence-electron chi connectivity index (χ1n) is 5.95. The van der Waals surface area contributed by atoms with Gasteiger partial charge < -0.3 is 16.0 Å². The SMILES string of the molecule is N#Cc1c(N)[nH]c(=O)c2c1[C@H](c1ccccc1)NC2=O. The Morgan fingerprint density at radius 3 is 2.55 bits per heavy atom. The number of amides is 1. The Morgan fingerprint density at radius 1 is 1.20 bits per heavy atom. The molecular weight excluding hydrogens is 256 g/mol. The fourth-order valence-corrected chi connectivity index (χ4v) is 2.45. The summed E-state index contributed by atoms with van der Waals surface area (Å²) < 4.78 is 0. The van der Waals surface area contributed by atoms with Crippen molar-refractivity contribution in [2.45, 2.75) is 6.04 Å². The van der Waals surface area contributed by atoms with Gasteiger partial charge in [0.25, 0.3) is 11.5 Å². The number of nitrogen functional groups attached to an aromatic ring is 1. The van der Waals surface area contributed by atoms with Crippen LogP contribution in [0.3, 0.4) is 0 Å². The van der Waals surface area contributed by atoms with E-state index >= 15 is 0 Å². The molecule has 2 aromatic rings. The normalized spacial score (nSPS) is 16.4. The van der Waals surface area contributed by atoms with Gasteiger partial charge in [0.1, 0.15) is 17.5 Å². The minimum absolute atomic E-state index is 0.0197. The summed E-state index contributed by atoms with van der Waals surface area (Å²) in [7, 11) is 0. The number of H-pyrrole nitrogens is 1. The van der Waals surface area contributed by atoms with Gasteiger partial charge in [0.15, 0.2) is 0 Å². The number of hydrogen-bond donors (Lipinski definition) is 3. The van der Waals surface area contributed by atoms with Crippen LogP contribution >= 0.6 is 0 Å². The number of aromatic nitrogens is 1. The van der Waals surface area contributed by atoms with E-state index in [9.17, 15) is 14.9 Å². The fourth-order valence-electron chi connectivity index (χ4n) is 2.45. The Kier molecular flexibility index (Phi) is 2.54. The lowest BCUT2D eigenvalue weighted by Crippen LogP contribution is -2.23. The molecular formula is C14H10N4O2. The maximum atomic E-state index is 12.0. The first kappa shape index (κ1) is 12.0. The zero-order valence-electron chi connectivity index (χ0n) is 10.3. The molecule has 0 unspecified atom stereocenters. The lowest BCUT2D eigenvalue weighted by molar-refractivity contribution is 0.0959. The van der Waals surface area contributed by atoms with Crippen LogP contribution in [-0.2, 0) is 0 Å². The molecule has 0 saturated carbocycles. The third-order valence-electron chi connectivity index (χ3n) is 3.32. The van der Waals surface area contributed by atoms with Crippen molar-refractivity contribution in [1.82, 2.24) is 10.3 Å². The summed E-state index contributed by atoms with van der Waals surface area (Å²) in [5, 5.41) is 11.9. The van der Waals surface area contributed by atoms with E-state index in [4.69, 9.17) is 5.73 Å². The summed E-state index contributed by atoms with van der Waals surface area (Å²) in [6.45, 7) is 0. The van der Waals surface area contributed by atoms with Crippen molar-refractivity contribution in [2.24, 2.45) is 0 Å². The number of nitriles is 1. The third kappa shape index (κ3) is 1.57. The summed E-state index contributed by atoms with van der Waals surface area (Å²) >= 11 is 0. The van der Waals surface area contributed by atoms with E-state index in [1.165, 1.54) is 0 Å². The maximum Gasteiger partial charge on any atom is 0.262 e. The Morgan fingerprint density at radius 2 is 1.90 bits per heavy atom. The average molecular weight is 266 g/mol. The van der Waals surface area contributed by atoms with Crippen molar-refractivity contribution < 1.29 is 4.79 Å². The van der Waals surface area contributed by atoms with Crippen LogP contribution in [0, 0.1) is 11.3 Å². The quantitative estimate of drug-likeness (QED) is 0.703. The molecule has 6 nitrogen and oxygen atoms in total. The molecule has 1 aliphatic rings. The predicted molar refractivity (Wildman–Crippen MR) is 71.9 cm³/mol. The first-order chi connectivity index (χ1) is 9.63. The summed E-state index contributed by atoms with van der Waals surface area (Å²) in [6, 6.07) is 10.6. The van der Waals surface area contributed by atoms with E-state index in [0.717, 1.165) is 5.56 Å². The zero-order valence-corrected chi connectivity index (χ0v) is 10.3. The molecule has 2 heterocycles. The Balaban J connectivity index is 2.32. The van der Waals surface area contributed by atoms with Gasteiger partial charge in [-0.15, -0.1) is 0 Å². The molecule has 0 fully saturated rings. The van der Waals surface area contributed by atoms with Crippen molar-refractivity contribution in [3.63, 3.8) is 0 Å². The molecule has 0 saturated heterocycles. The van der Waals surface area contributed by atoms with Crippen molar-refractivity contribution in [2.75, 3.05) is 5.73 Å².